The Bertz CT molecular complexity index is 1430. The summed E-state index contributed by atoms with van der Waals surface area (Å²) in [6, 6.07) is 0.0366. The highest BCUT2D eigenvalue weighted by atomic mass is 19.4. The standard InChI is InChI=1S/C25H27F3N4O8/c1-8(31-40-7-24(26,27)28)10-6-13(29)18(33)15-11(10)4-9-5-12-17(32(2)3)20(35)16(23(30)38)22(37)25(12,39)21(36)14(9)19(15)34/h6,9,12,17,33,35-36,39H,4-5,7,29H2,1-3H3,(H2,30,38)/b31-8+/t9-,12-,17+,25-/m0/s1. The van der Waals surface area contributed by atoms with E-state index in [-0.39, 0.29) is 35.4 Å². The predicted octanol–water partition coefficient (Wildman–Crippen LogP) is 1.01. The summed E-state index contributed by atoms with van der Waals surface area (Å²) in [5, 5.41) is 47.9. The van der Waals surface area contributed by atoms with E-state index in [0.717, 1.165) is 0 Å². The van der Waals surface area contributed by atoms with E-state index in [1.54, 1.807) is 0 Å². The van der Waals surface area contributed by atoms with Gasteiger partial charge in [0.2, 0.25) is 12.4 Å². The first-order valence-electron chi connectivity index (χ1n) is 12.0. The van der Waals surface area contributed by atoms with Crippen molar-refractivity contribution in [1.82, 2.24) is 4.90 Å². The molecule has 0 spiro atoms. The van der Waals surface area contributed by atoms with Gasteiger partial charge in [-0.3, -0.25) is 19.3 Å². The molecule has 0 radical (unpaired) electrons. The van der Waals surface area contributed by atoms with Gasteiger partial charge in [0.15, 0.2) is 11.4 Å². The molecular weight excluding hydrogens is 541 g/mol. The number of nitrogen functional groups attached to an aromatic ring is 1. The molecule has 1 aromatic rings. The summed E-state index contributed by atoms with van der Waals surface area (Å²) >= 11 is 0. The van der Waals surface area contributed by atoms with E-state index in [1.807, 2.05) is 0 Å². The van der Waals surface area contributed by atoms with Gasteiger partial charge in [-0.2, -0.15) is 13.2 Å². The van der Waals surface area contributed by atoms with Gasteiger partial charge >= 0.3 is 6.18 Å². The fraction of sp³-hybridized carbons (Fsp3) is 0.440. The van der Waals surface area contributed by atoms with E-state index in [2.05, 4.69) is 9.99 Å². The number of primary amides is 1. The molecule has 12 nitrogen and oxygen atoms in total. The molecule has 0 heterocycles. The third-order valence-corrected chi connectivity index (χ3v) is 7.57. The molecule has 0 aliphatic heterocycles. The molecule has 0 bridgehead atoms. The van der Waals surface area contributed by atoms with Crippen LogP contribution < -0.4 is 11.5 Å². The number of alkyl halides is 3. The third-order valence-electron chi connectivity index (χ3n) is 7.57. The van der Waals surface area contributed by atoms with E-state index in [4.69, 9.17) is 11.5 Å². The fourth-order valence-electron chi connectivity index (χ4n) is 5.91. The number of phenolic OH excluding ortho intramolecular Hbond substituents is 1. The molecule has 216 valence electrons. The number of aliphatic hydroxyl groups is 3. The Balaban J connectivity index is 1.90. The number of hydrogen-bond donors (Lipinski definition) is 6. The van der Waals surface area contributed by atoms with Crippen molar-refractivity contribution < 1.29 is 52.8 Å². The minimum absolute atomic E-state index is 0.0883. The first kappa shape index (κ1) is 28.9. The first-order valence-corrected chi connectivity index (χ1v) is 12.0. The van der Waals surface area contributed by atoms with Gasteiger partial charge in [0.1, 0.15) is 22.8 Å². The Morgan fingerprint density at radius 1 is 1.25 bits per heavy atom. The number of likely N-dealkylation sites (N-methyl/N-ethyl adjacent to an activating group) is 1. The monoisotopic (exact) mass is 568 g/mol. The predicted molar refractivity (Wildman–Crippen MR) is 132 cm³/mol. The highest BCUT2D eigenvalue weighted by Crippen LogP contribution is 2.53. The number of aromatic hydroxyl groups is 1. The number of amides is 1. The second kappa shape index (κ2) is 9.52. The molecule has 3 aliphatic carbocycles. The highest BCUT2D eigenvalue weighted by molar-refractivity contribution is 6.25. The zero-order chi connectivity index (χ0) is 30.1. The highest BCUT2D eigenvalue weighted by Gasteiger charge is 2.63. The zero-order valence-corrected chi connectivity index (χ0v) is 21.5. The number of rotatable bonds is 5. The van der Waals surface area contributed by atoms with Gasteiger partial charge < -0.3 is 36.7 Å². The molecule has 0 saturated carbocycles. The Morgan fingerprint density at radius 3 is 2.42 bits per heavy atom. The summed E-state index contributed by atoms with van der Waals surface area (Å²) < 4.78 is 37.6. The normalized spacial score (nSPS) is 27.0. The van der Waals surface area contributed by atoms with Crippen LogP contribution in [0.2, 0.25) is 0 Å². The van der Waals surface area contributed by atoms with Gasteiger partial charge in [0.25, 0.3) is 5.91 Å². The molecule has 4 atom stereocenters. The Hall–Kier alpha value is -4.11. The summed E-state index contributed by atoms with van der Waals surface area (Å²) in [4.78, 5) is 44.9. The maximum atomic E-state index is 13.7. The molecule has 0 aromatic heterocycles. The maximum absolute atomic E-state index is 13.7. The number of fused-ring (bicyclic) bond motifs is 3. The van der Waals surface area contributed by atoms with Gasteiger partial charge in [0, 0.05) is 17.1 Å². The molecule has 15 heteroatoms. The van der Waals surface area contributed by atoms with E-state index in [1.165, 1.54) is 32.0 Å². The van der Waals surface area contributed by atoms with Gasteiger partial charge in [-0.05, 0) is 51.4 Å². The van der Waals surface area contributed by atoms with Crippen LogP contribution in [-0.2, 0) is 20.8 Å². The number of nitrogens with two attached hydrogens (primary N) is 2. The number of phenols is 1. The number of carbonyl (C=O) groups is 3. The van der Waals surface area contributed by atoms with Crippen LogP contribution >= 0.6 is 0 Å². The van der Waals surface area contributed by atoms with Gasteiger partial charge in [-0.15, -0.1) is 0 Å². The van der Waals surface area contributed by atoms with Crippen molar-refractivity contribution in [2.75, 3.05) is 26.4 Å². The Labute approximate surface area is 225 Å². The Morgan fingerprint density at radius 2 is 1.88 bits per heavy atom. The second-order valence-corrected chi connectivity index (χ2v) is 10.2. The number of ketones is 2. The van der Waals surface area contributed by atoms with E-state index >= 15 is 0 Å². The molecule has 1 amide bonds. The van der Waals surface area contributed by atoms with Crippen molar-refractivity contribution in [3.05, 3.63) is 45.4 Å². The molecule has 0 unspecified atom stereocenters. The van der Waals surface area contributed by atoms with Crippen molar-refractivity contribution in [2.45, 2.75) is 37.6 Å². The Kier molecular flexibility index (Phi) is 6.87. The average molecular weight is 569 g/mol. The number of anilines is 1. The fourth-order valence-corrected chi connectivity index (χ4v) is 5.91. The van der Waals surface area contributed by atoms with Crippen LogP contribution in [0.4, 0.5) is 18.9 Å². The number of halogens is 3. The average Bonchev–Trinajstić information content (AvgIpc) is 2.82. The summed E-state index contributed by atoms with van der Waals surface area (Å²) in [7, 11) is 2.99. The van der Waals surface area contributed by atoms with Crippen molar-refractivity contribution >= 4 is 28.9 Å². The molecular formula is C25H27F3N4O8. The molecule has 1 aromatic carbocycles. The van der Waals surface area contributed by atoms with Gasteiger partial charge in [-0.25, -0.2) is 0 Å². The van der Waals surface area contributed by atoms with Crippen LogP contribution in [0.1, 0.15) is 34.8 Å². The second-order valence-electron chi connectivity index (χ2n) is 10.2. The first-order chi connectivity index (χ1) is 18.4. The molecule has 3 aliphatic rings. The van der Waals surface area contributed by atoms with E-state index < -0.39 is 87.7 Å². The van der Waals surface area contributed by atoms with Crippen LogP contribution in [0.5, 0.6) is 5.75 Å². The maximum Gasteiger partial charge on any atom is 0.425 e. The number of oxime groups is 1. The number of Topliss-reactive ketones (excluding diaryl/α,β-unsaturated/α-hetero) is 2. The lowest BCUT2D eigenvalue weighted by Crippen LogP contribution is -2.63. The van der Waals surface area contributed by atoms with Crippen molar-refractivity contribution in [3.8, 4) is 5.75 Å². The lowest BCUT2D eigenvalue weighted by molar-refractivity contribution is -0.173. The quantitative estimate of drug-likeness (QED) is 0.0976. The third kappa shape index (κ3) is 4.25. The number of allylic oxidation sites excluding steroid dienone is 1. The zero-order valence-electron chi connectivity index (χ0n) is 21.5. The molecule has 8 N–H and O–H groups in total. The summed E-state index contributed by atoms with van der Waals surface area (Å²) in [6.07, 6.45) is -4.93. The topological polar surface area (TPSA) is 209 Å². The summed E-state index contributed by atoms with van der Waals surface area (Å²) in [6.45, 7) is -0.363. The molecule has 0 saturated heterocycles. The largest absolute Gasteiger partial charge is 0.510 e. The van der Waals surface area contributed by atoms with Crippen molar-refractivity contribution in [1.29, 1.82) is 0 Å². The minimum Gasteiger partial charge on any atom is -0.510 e. The number of aliphatic hydroxyl groups excluding tert-OH is 2. The van der Waals surface area contributed by atoms with Gasteiger partial charge in [-0.1, -0.05) is 5.16 Å². The lowest BCUT2D eigenvalue weighted by atomic mass is 9.58. The molecule has 4 rings (SSSR count). The van der Waals surface area contributed by atoms with Crippen LogP contribution in [0.15, 0.2) is 33.9 Å². The number of benzene rings is 1. The number of hydrogen-bond acceptors (Lipinski definition) is 11. The number of nitrogens with zero attached hydrogens (tertiary/aromatic N) is 2. The van der Waals surface area contributed by atoms with Crippen LogP contribution in [0.3, 0.4) is 0 Å². The van der Waals surface area contributed by atoms with Crippen molar-refractivity contribution in [3.63, 3.8) is 0 Å². The molecule has 40 heavy (non-hydrogen) atoms. The van der Waals surface area contributed by atoms with Crippen LogP contribution in [-0.4, -0.2) is 87.0 Å². The summed E-state index contributed by atoms with van der Waals surface area (Å²) in [5.74, 6) is -8.33. The van der Waals surface area contributed by atoms with Crippen molar-refractivity contribution in [2.24, 2.45) is 22.7 Å². The molecule has 0 fully saturated rings. The SMILES string of the molecule is C/C(=N\OCC(F)(F)F)c1cc(N)c(O)c2c1C[C@H]1C[C@H]3[C@@H](N(C)C)C(O)=C(C(N)=O)C(=O)[C@@]3(O)C(O)=C1C2=O. The summed E-state index contributed by atoms with van der Waals surface area (Å²) in [5.41, 5.74) is 6.43. The van der Waals surface area contributed by atoms with Gasteiger partial charge in [0.05, 0.1) is 23.0 Å². The number of carbonyl (C=O) groups excluding carboxylic acids is 3. The van der Waals surface area contributed by atoms with E-state index in [0.29, 0.717) is 0 Å². The van der Waals surface area contributed by atoms with E-state index in [9.17, 15) is 48.0 Å². The minimum atomic E-state index is -4.65. The van der Waals surface area contributed by atoms with Crippen LogP contribution in [0.25, 0.3) is 0 Å². The lowest BCUT2D eigenvalue weighted by Gasteiger charge is -2.50. The van der Waals surface area contributed by atoms with Crippen LogP contribution in [0, 0.1) is 11.8 Å². The smallest absolute Gasteiger partial charge is 0.425 e.